The average molecular weight is 308 g/mol. The molecule has 3 heterocycles. The third-order valence-corrected chi connectivity index (χ3v) is 4.44. The Balaban J connectivity index is 1.53. The van der Waals surface area contributed by atoms with E-state index in [1.165, 1.54) is 5.56 Å². The second-order valence-corrected chi connectivity index (χ2v) is 6.07. The molecule has 0 radical (unpaired) electrons. The maximum Gasteiger partial charge on any atom is 0.147 e. The highest BCUT2D eigenvalue weighted by Crippen LogP contribution is 2.27. The van der Waals surface area contributed by atoms with E-state index in [9.17, 15) is 0 Å². The first-order valence-electron chi connectivity index (χ1n) is 8.11. The fraction of sp³-hybridized carbons (Fsp3) is 0.412. The van der Waals surface area contributed by atoms with Crippen LogP contribution in [0, 0.1) is 6.92 Å². The van der Waals surface area contributed by atoms with Crippen LogP contribution in [0.2, 0.25) is 0 Å². The summed E-state index contributed by atoms with van der Waals surface area (Å²) in [5.41, 5.74) is 1.33. The first-order chi connectivity index (χ1) is 11.3. The van der Waals surface area contributed by atoms with Gasteiger partial charge >= 0.3 is 0 Å². The summed E-state index contributed by atoms with van der Waals surface area (Å²) in [6.07, 6.45) is 4.55. The van der Waals surface area contributed by atoms with Crippen LogP contribution in [0.1, 0.15) is 35.4 Å². The lowest BCUT2D eigenvalue weighted by Gasteiger charge is -2.22. The van der Waals surface area contributed by atoms with Crippen LogP contribution in [-0.2, 0) is 25.9 Å². The lowest BCUT2D eigenvalue weighted by atomic mass is 9.97. The molecule has 4 rings (SSSR count). The van der Waals surface area contributed by atoms with Crippen LogP contribution in [0.5, 0.6) is 0 Å². The van der Waals surface area contributed by atoms with Gasteiger partial charge in [-0.25, -0.2) is 14.6 Å². The molecule has 3 aromatic rings. The zero-order chi connectivity index (χ0) is 15.6. The summed E-state index contributed by atoms with van der Waals surface area (Å²) in [6.45, 7) is 3.74. The van der Waals surface area contributed by atoms with E-state index in [0.717, 1.165) is 49.8 Å². The van der Waals surface area contributed by atoms with Crippen molar-refractivity contribution in [3.63, 3.8) is 0 Å². The van der Waals surface area contributed by atoms with Crippen molar-refractivity contribution in [1.82, 2.24) is 29.5 Å². The minimum atomic E-state index is 0.378. The van der Waals surface area contributed by atoms with Crippen LogP contribution in [0.3, 0.4) is 0 Å². The number of aromatic nitrogens is 6. The van der Waals surface area contributed by atoms with Crippen molar-refractivity contribution in [2.75, 3.05) is 0 Å². The molecular weight excluding hydrogens is 288 g/mol. The van der Waals surface area contributed by atoms with Gasteiger partial charge in [0.2, 0.25) is 0 Å². The Morgan fingerprint density at radius 2 is 2.09 bits per heavy atom. The Labute approximate surface area is 135 Å². The second-order valence-electron chi connectivity index (χ2n) is 6.07. The zero-order valence-corrected chi connectivity index (χ0v) is 13.3. The molecule has 2 aromatic heterocycles. The number of benzene rings is 1. The molecule has 6 heteroatoms. The van der Waals surface area contributed by atoms with Gasteiger partial charge in [0.15, 0.2) is 0 Å². The summed E-state index contributed by atoms with van der Waals surface area (Å²) in [4.78, 5) is 9.06. The molecule has 1 atom stereocenters. The third-order valence-electron chi connectivity index (χ3n) is 4.44. The molecule has 1 aliphatic heterocycles. The molecule has 0 bridgehead atoms. The molecule has 0 fully saturated rings. The number of hydrogen-bond acceptors (Lipinski definition) is 4. The molecule has 1 aliphatic rings. The molecular formula is C17H20N6. The Morgan fingerprint density at radius 1 is 1.22 bits per heavy atom. The molecule has 118 valence electrons. The van der Waals surface area contributed by atoms with E-state index in [4.69, 9.17) is 4.98 Å². The van der Waals surface area contributed by atoms with Crippen molar-refractivity contribution in [2.24, 2.45) is 0 Å². The lowest BCUT2D eigenvalue weighted by molar-refractivity contribution is 0.405. The first-order valence-corrected chi connectivity index (χ1v) is 8.11. The fourth-order valence-electron chi connectivity index (χ4n) is 3.27. The molecule has 1 aromatic carbocycles. The minimum absolute atomic E-state index is 0.378. The van der Waals surface area contributed by atoms with Crippen LogP contribution >= 0.6 is 0 Å². The number of aryl methyl sites for hydroxylation is 4. The predicted octanol–water partition coefficient (Wildman–Crippen LogP) is 2.15. The quantitative estimate of drug-likeness (QED) is 0.741. The van der Waals surface area contributed by atoms with Crippen molar-refractivity contribution in [3.05, 3.63) is 59.7 Å². The van der Waals surface area contributed by atoms with Gasteiger partial charge in [-0.05, 0) is 25.3 Å². The largest absolute Gasteiger partial charge is 0.250 e. The number of rotatable bonds is 4. The smallest absolute Gasteiger partial charge is 0.147 e. The van der Waals surface area contributed by atoms with Gasteiger partial charge in [-0.3, -0.25) is 4.68 Å². The molecule has 1 unspecified atom stereocenters. The van der Waals surface area contributed by atoms with Crippen LogP contribution in [0.15, 0.2) is 36.7 Å². The minimum Gasteiger partial charge on any atom is -0.250 e. The molecule has 0 N–H and O–H groups in total. The molecule has 6 nitrogen and oxygen atoms in total. The van der Waals surface area contributed by atoms with E-state index in [2.05, 4.69) is 44.1 Å². The Hall–Kier alpha value is -2.50. The van der Waals surface area contributed by atoms with E-state index < -0.39 is 0 Å². The summed E-state index contributed by atoms with van der Waals surface area (Å²) in [5, 5.41) is 8.86. The second kappa shape index (κ2) is 5.95. The number of nitrogens with zero attached hydrogens (tertiary/aromatic N) is 6. The molecule has 23 heavy (non-hydrogen) atoms. The van der Waals surface area contributed by atoms with Gasteiger partial charge in [-0.1, -0.05) is 30.3 Å². The average Bonchev–Trinajstić information content (AvgIpc) is 3.19. The first kappa shape index (κ1) is 14.1. The van der Waals surface area contributed by atoms with Gasteiger partial charge in [0.25, 0.3) is 0 Å². The van der Waals surface area contributed by atoms with Crippen LogP contribution < -0.4 is 0 Å². The monoisotopic (exact) mass is 308 g/mol. The standard InChI is InChI=1S/C17H20N6/c1-13-20-17(15-8-10-22-16(11-15)18-12-19-22)23(21-13)9-7-14-5-3-2-4-6-14/h2-6,12,15H,7-11H2,1H3. The van der Waals surface area contributed by atoms with E-state index in [-0.39, 0.29) is 0 Å². The summed E-state index contributed by atoms with van der Waals surface area (Å²) in [7, 11) is 0. The van der Waals surface area contributed by atoms with Gasteiger partial charge < -0.3 is 0 Å². The molecule has 0 saturated heterocycles. The topological polar surface area (TPSA) is 61.4 Å². The van der Waals surface area contributed by atoms with Crippen molar-refractivity contribution in [2.45, 2.75) is 45.2 Å². The number of fused-ring (bicyclic) bond motifs is 1. The van der Waals surface area contributed by atoms with E-state index in [0.29, 0.717) is 5.92 Å². The van der Waals surface area contributed by atoms with Crippen molar-refractivity contribution < 1.29 is 0 Å². The Bertz CT molecular complexity index is 789. The normalized spacial score (nSPS) is 17.2. The number of hydrogen-bond donors (Lipinski definition) is 0. The van der Waals surface area contributed by atoms with E-state index in [1.54, 1.807) is 6.33 Å². The third kappa shape index (κ3) is 2.88. The molecule has 0 saturated carbocycles. The van der Waals surface area contributed by atoms with E-state index in [1.807, 2.05) is 17.7 Å². The summed E-state index contributed by atoms with van der Waals surface area (Å²) in [6, 6.07) is 10.5. The molecule has 0 spiro atoms. The summed E-state index contributed by atoms with van der Waals surface area (Å²) >= 11 is 0. The van der Waals surface area contributed by atoms with Gasteiger partial charge in [-0.2, -0.15) is 10.2 Å². The van der Waals surface area contributed by atoms with Crippen molar-refractivity contribution in [1.29, 1.82) is 0 Å². The van der Waals surface area contributed by atoms with Crippen LogP contribution in [-0.4, -0.2) is 29.5 Å². The van der Waals surface area contributed by atoms with Crippen LogP contribution in [0.4, 0.5) is 0 Å². The highest BCUT2D eigenvalue weighted by atomic mass is 15.4. The van der Waals surface area contributed by atoms with E-state index >= 15 is 0 Å². The van der Waals surface area contributed by atoms with Gasteiger partial charge in [0.05, 0.1) is 0 Å². The van der Waals surface area contributed by atoms with Gasteiger partial charge in [0.1, 0.15) is 23.8 Å². The SMILES string of the molecule is Cc1nc(C2CCn3ncnc3C2)n(CCc2ccccc2)n1. The van der Waals surface area contributed by atoms with Crippen molar-refractivity contribution >= 4 is 0 Å². The van der Waals surface area contributed by atoms with Crippen LogP contribution in [0.25, 0.3) is 0 Å². The lowest BCUT2D eigenvalue weighted by Crippen LogP contribution is -2.22. The Kier molecular flexibility index (Phi) is 3.65. The summed E-state index contributed by atoms with van der Waals surface area (Å²) < 4.78 is 4.08. The fourth-order valence-corrected chi connectivity index (χ4v) is 3.27. The van der Waals surface area contributed by atoms with Gasteiger partial charge in [0, 0.05) is 25.4 Å². The highest BCUT2D eigenvalue weighted by Gasteiger charge is 2.26. The maximum atomic E-state index is 4.70. The predicted molar refractivity (Wildman–Crippen MR) is 86.0 cm³/mol. The van der Waals surface area contributed by atoms with Crippen molar-refractivity contribution in [3.8, 4) is 0 Å². The molecule has 0 aliphatic carbocycles. The maximum absolute atomic E-state index is 4.70. The van der Waals surface area contributed by atoms with Gasteiger partial charge in [-0.15, -0.1) is 0 Å². The Morgan fingerprint density at radius 3 is 2.96 bits per heavy atom. The summed E-state index contributed by atoms with van der Waals surface area (Å²) in [5.74, 6) is 3.37. The molecule has 0 amide bonds. The zero-order valence-electron chi connectivity index (χ0n) is 13.3. The highest BCUT2D eigenvalue weighted by molar-refractivity contribution is 5.15.